The molecule has 8 heteroatoms. The summed E-state index contributed by atoms with van der Waals surface area (Å²) < 4.78 is 1.28. The maximum absolute atomic E-state index is 11.8. The summed E-state index contributed by atoms with van der Waals surface area (Å²) in [5, 5.41) is 13.5. The minimum Gasteiger partial charge on any atom is -0.367 e. The van der Waals surface area contributed by atoms with Crippen LogP contribution in [0.5, 0.6) is 0 Å². The first kappa shape index (κ1) is 13.7. The molecule has 0 saturated carbocycles. The zero-order chi connectivity index (χ0) is 13.9. The van der Waals surface area contributed by atoms with Gasteiger partial charge < -0.3 is 11.1 Å². The third-order valence-electron chi connectivity index (χ3n) is 3.53. The summed E-state index contributed by atoms with van der Waals surface area (Å²) in [6.07, 6.45) is 2.47. The molecule has 1 aromatic rings. The third kappa shape index (κ3) is 3.40. The fourth-order valence-corrected chi connectivity index (χ4v) is 2.27. The van der Waals surface area contributed by atoms with E-state index in [1.54, 1.807) is 0 Å². The van der Waals surface area contributed by atoms with Gasteiger partial charge in [-0.25, -0.2) is 4.68 Å². The van der Waals surface area contributed by atoms with Crippen molar-refractivity contribution in [2.24, 2.45) is 0 Å². The van der Waals surface area contributed by atoms with Crippen LogP contribution in [-0.4, -0.2) is 56.2 Å². The number of rotatable bonds is 5. The van der Waals surface area contributed by atoms with Gasteiger partial charge in [-0.15, -0.1) is 0 Å². The summed E-state index contributed by atoms with van der Waals surface area (Å²) in [6, 6.07) is 0. The Morgan fingerprint density at radius 3 is 2.68 bits per heavy atom. The van der Waals surface area contributed by atoms with Crippen molar-refractivity contribution in [1.82, 2.24) is 30.4 Å². The van der Waals surface area contributed by atoms with Gasteiger partial charge in [-0.2, -0.15) is 0 Å². The number of nitrogen functional groups attached to an aromatic ring is 1. The van der Waals surface area contributed by atoms with E-state index in [0.717, 1.165) is 13.1 Å². The Morgan fingerprint density at radius 2 is 2.11 bits per heavy atom. The number of carbonyl (C=O) groups excluding carboxylic acids is 1. The van der Waals surface area contributed by atoms with E-state index in [1.807, 2.05) is 0 Å². The summed E-state index contributed by atoms with van der Waals surface area (Å²) in [5.41, 5.74) is 5.48. The third-order valence-corrected chi connectivity index (χ3v) is 3.53. The SMILES string of the molecule is CC(C)(CNC(=O)Cn1nnnc1N)N1CCCC1. The Labute approximate surface area is 112 Å². The van der Waals surface area contributed by atoms with Crippen LogP contribution in [0.3, 0.4) is 0 Å². The largest absolute Gasteiger partial charge is 0.367 e. The van der Waals surface area contributed by atoms with Gasteiger partial charge in [-0.3, -0.25) is 9.69 Å². The van der Waals surface area contributed by atoms with Crippen LogP contribution in [0.1, 0.15) is 26.7 Å². The van der Waals surface area contributed by atoms with Gasteiger partial charge in [0.1, 0.15) is 6.54 Å². The average molecular weight is 267 g/mol. The molecule has 1 amide bonds. The molecule has 2 heterocycles. The van der Waals surface area contributed by atoms with Crippen LogP contribution >= 0.6 is 0 Å². The Hall–Kier alpha value is -1.70. The number of anilines is 1. The fourth-order valence-electron chi connectivity index (χ4n) is 2.27. The highest BCUT2D eigenvalue weighted by atomic mass is 16.2. The van der Waals surface area contributed by atoms with Crippen LogP contribution in [0.25, 0.3) is 0 Å². The van der Waals surface area contributed by atoms with Crippen molar-refractivity contribution < 1.29 is 4.79 Å². The molecule has 0 aromatic carbocycles. The first-order valence-electron chi connectivity index (χ1n) is 6.52. The zero-order valence-corrected chi connectivity index (χ0v) is 11.5. The second kappa shape index (κ2) is 5.52. The normalized spacial score (nSPS) is 16.7. The minimum atomic E-state index is -0.133. The molecule has 8 nitrogen and oxygen atoms in total. The molecular weight excluding hydrogens is 246 g/mol. The molecule has 0 radical (unpaired) electrons. The molecule has 0 spiro atoms. The Bertz CT molecular complexity index is 436. The van der Waals surface area contributed by atoms with E-state index in [-0.39, 0.29) is 23.9 Å². The Balaban J connectivity index is 1.81. The highest BCUT2D eigenvalue weighted by Gasteiger charge is 2.29. The van der Waals surface area contributed by atoms with E-state index < -0.39 is 0 Å². The molecule has 1 fully saturated rings. The summed E-state index contributed by atoms with van der Waals surface area (Å²) in [4.78, 5) is 14.2. The van der Waals surface area contributed by atoms with Crippen molar-refractivity contribution in [3.05, 3.63) is 0 Å². The van der Waals surface area contributed by atoms with Crippen LogP contribution < -0.4 is 11.1 Å². The van der Waals surface area contributed by atoms with Crippen molar-refractivity contribution in [2.75, 3.05) is 25.4 Å². The second-order valence-electron chi connectivity index (χ2n) is 5.48. The predicted molar refractivity (Wildman–Crippen MR) is 70.1 cm³/mol. The van der Waals surface area contributed by atoms with E-state index in [1.165, 1.54) is 17.5 Å². The molecule has 106 valence electrons. The number of tetrazole rings is 1. The van der Waals surface area contributed by atoms with Crippen LogP contribution in [0.2, 0.25) is 0 Å². The van der Waals surface area contributed by atoms with Crippen molar-refractivity contribution in [3.63, 3.8) is 0 Å². The lowest BCUT2D eigenvalue weighted by Gasteiger charge is -2.35. The molecule has 19 heavy (non-hydrogen) atoms. The molecule has 0 unspecified atom stereocenters. The molecule has 1 aromatic heterocycles. The van der Waals surface area contributed by atoms with Gasteiger partial charge in [0.2, 0.25) is 11.9 Å². The molecule has 0 bridgehead atoms. The first-order chi connectivity index (χ1) is 8.99. The number of nitrogens with zero attached hydrogens (tertiary/aromatic N) is 5. The van der Waals surface area contributed by atoms with Gasteiger partial charge in [0.15, 0.2) is 0 Å². The zero-order valence-electron chi connectivity index (χ0n) is 11.5. The van der Waals surface area contributed by atoms with Gasteiger partial charge >= 0.3 is 0 Å². The Morgan fingerprint density at radius 1 is 1.42 bits per heavy atom. The fraction of sp³-hybridized carbons (Fsp3) is 0.818. The maximum Gasteiger partial charge on any atom is 0.242 e. The van der Waals surface area contributed by atoms with Crippen molar-refractivity contribution >= 4 is 11.9 Å². The minimum absolute atomic E-state index is 0.0294. The summed E-state index contributed by atoms with van der Waals surface area (Å²) in [6.45, 7) is 7.14. The van der Waals surface area contributed by atoms with Crippen molar-refractivity contribution in [3.8, 4) is 0 Å². The molecule has 1 aliphatic rings. The smallest absolute Gasteiger partial charge is 0.242 e. The number of aromatic nitrogens is 4. The number of amides is 1. The van der Waals surface area contributed by atoms with Crippen LogP contribution in [0.4, 0.5) is 5.95 Å². The van der Waals surface area contributed by atoms with Crippen molar-refractivity contribution in [2.45, 2.75) is 38.8 Å². The van der Waals surface area contributed by atoms with E-state index in [4.69, 9.17) is 5.73 Å². The van der Waals surface area contributed by atoms with E-state index >= 15 is 0 Å². The van der Waals surface area contributed by atoms with Crippen molar-refractivity contribution in [1.29, 1.82) is 0 Å². The topological polar surface area (TPSA) is 102 Å². The molecular formula is C11H21N7O. The summed E-state index contributed by atoms with van der Waals surface area (Å²) in [7, 11) is 0. The number of nitrogens with one attached hydrogen (secondary N) is 1. The Kier molecular flexibility index (Phi) is 3.98. The van der Waals surface area contributed by atoms with Crippen LogP contribution in [0, 0.1) is 0 Å². The summed E-state index contributed by atoms with van der Waals surface area (Å²) in [5.74, 6) is 0.0141. The van der Waals surface area contributed by atoms with Gasteiger partial charge in [0, 0.05) is 12.1 Å². The number of nitrogens with two attached hydrogens (primary N) is 1. The number of likely N-dealkylation sites (tertiary alicyclic amines) is 1. The summed E-state index contributed by atoms with van der Waals surface area (Å²) >= 11 is 0. The number of carbonyl (C=O) groups is 1. The number of hydrogen-bond donors (Lipinski definition) is 2. The molecule has 2 rings (SSSR count). The highest BCUT2D eigenvalue weighted by Crippen LogP contribution is 2.19. The molecule has 0 aliphatic carbocycles. The predicted octanol–water partition coefficient (Wildman–Crippen LogP) is -0.754. The highest BCUT2D eigenvalue weighted by molar-refractivity contribution is 5.75. The van der Waals surface area contributed by atoms with E-state index in [0.29, 0.717) is 6.54 Å². The van der Waals surface area contributed by atoms with Crippen LogP contribution in [-0.2, 0) is 11.3 Å². The molecule has 1 saturated heterocycles. The lowest BCUT2D eigenvalue weighted by Crippen LogP contribution is -2.50. The van der Waals surface area contributed by atoms with Gasteiger partial charge in [-0.1, -0.05) is 5.10 Å². The lowest BCUT2D eigenvalue weighted by molar-refractivity contribution is -0.122. The first-order valence-corrected chi connectivity index (χ1v) is 6.52. The monoisotopic (exact) mass is 267 g/mol. The molecule has 0 atom stereocenters. The van der Waals surface area contributed by atoms with Gasteiger partial charge in [-0.05, 0) is 50.2 Å². The lowest BCUT2D eigenvalue weighted by atomic mass is 10.0. The average Bonchev–Trinajstić information content (AvgIpc) is 3.00. The second-order valence-corrected chi connectivity index (χ2v) is 5.48. The molecule has 1 aliphatic heterocycles. The quantitative estimate of drug-likeness (QED) is 0.727. The van der Waals surface area contributed by atoms with E-state index in [2.05, 4.69) is 39.6 Å². The van der Waals surface area contributed by atoms with Gasteiger partial charge in [0.25, 0.3) is 0 Å². The molecule has 3 N–H and O–H groups in total. The van der Waals surface area contributed by atoms with Crippen LogP contribution in [0.15, 0.2) is 0 Å². The maximum atomic E-state index is 11.8. The number of hydrogen-bond acceptors (Lipinski definition) is 6. The van der Waals surface area contributed by atoms with Gasteiger partial charge in [0.05, 0.1) is 0 Å². The standard InChI is InChI=1S/C11H21N7O/c1-11(2,17-5-3-4-6-17)8-13-9(19)7-18-10(12)14-15-16-18/h3-8H2,1-2H3,(H,13,19)(H2,12,14,16). The van der Waals surface area contributed by atoms with E-state index in [9.17, 15) is 4.79 Å².